The third-order valence-corrected chi connectivity index (χ3v) is 8.21. The summed E-state index contributed by atoms with van der Waals surface area (Å²) in [5, 5.41) is 13.5. The normalized spacial score (nSPS) is 33.0. The quantitative estimate of drug-likeness (QED) is 0.384. The highest BCUT2D eigenvalue weighted by Crippen LogP contribution is 2.27. The zero-order valence-electron chi connectivity index (χ0n) is 20.4. The van der Waals surface area contributed by atoms with Gasteiger partial charge >= 0.3 is 0 Å². The Bertz CT molecular complexity index is 624. The minimum atomic E-state index is -0.121. The Hall–Kier alpha value is -1.22. The van der Waals surface area contributed by atoms with Crippen molar-refractivity contribution in [2.75, 3.05) is 45.9 Å². The number of hydrogen-bond acceptors (Lipinski definition) is 6. The van der Waals surface area contributed by atoms with E-state index >= 15 is 0 Å². The number of nitrogens with zero attached hydrogens (tertiary/aromatic N) is 1. The van der Waals surface area contributed by atoms with E-state index in [1.807, 2.05) is 6.92 Å². The molecule has 0 bridgehead atoms. The maximum absolute atomic E-state index is 13.1. The first-order chi connectivity index (χ1) is 16.2. The number of hydrogen-bond donors (Lipinski definition) is 4. The Kier molecular flexibility index (Phi) is 9.41. The summed E-state index contributed by atoms with van der Waals surface area (Å²) in [6.07, 6.45) is 9.51. The van der Waals surface area contributed by atoms with Crippen molar-refractivity contribution in [3.8, 4) is 0 Å². The predicted octanol–water partition coefficient (Wildman–Crippen LogP) is 1.21. The van der Waals surface area contributed by atoms with Gasteiger partial charge in [-0.1, -0.05) is 12.8 Å². The molecule has 4 fully saturated rings. The number of carbonyl (C=O) groups excluding carboxylic acids is 2. The fraction of sp³-hybridized carbons (Fsp3) is 0.920. The van der Waals surface area contributed by atoms with Crippen LogP contribution in [0, 0.1) is 17.8 Å². The van der Waals surface area contributed by atoms with Gasteiger partial charge in [-0.15, -0.1) is 0 Å². The molecular formula is C25H45N5O3. The predicted molar refractivity (Wildman–Crippen MR) is 129 cm³/mol. The van der Waals surface area contributed by atoms with E-state index in [1.165, 1.54) is 6.42 Å². The zero-order valence-corrected chi connectivity index (χ0v) is 20.4. The molecule has 0 aromatic heterocycles. The number of carbonyl (C=O) groups is 2. The Balaban J connectivity index is 1.07. The number of piperidine rings is 3. The number of fused-ring (bicyclic) bond motifs is 1. The van der Waals surface area contributed by atoms with Crippen molar-refractivity contribution < 1.29 is 14.3 Å². The Morgan fingerprint density at radius 2 is 1.94 bits per heavy atom. The van der Waals surface area contributed by atoms with E-state index in [9.17, 15) is 9.59 Å². The second kappa shape index (κ2) is 12.5. The number of amides is 2. The van der Waals surface area contributed by atoms with Crippen LogP contribution in [0.4, 0.5) is 0 Å². The summed E-state index contributed by atoms with van der Waals surface area (Å²) in [5.41, 5.74) is 0. The standard InChI is InChI=1S/C25H45N5O3/c1-2-33-24-20(7-5-12-28-24)25(32)30-14-9-18(10-15-30)6-3-4-11-27-23(31)22-16-19-17-26-13-8-21(19)29-22/h18-22,24,26,28-29H,2-17H2,1H3,(H,27,31). The van der Waals surface area contributed by atoms with Gasteiger partial charge in [-0.2, -0.15) is 0 Å². The molecule has 5 atom stereocenters. The van der Waals surface area contributed by atoms with Gasteiger partial charge in [-0.05, 0) is 83.3 Å². The van der Waals surface area contributed by atoms with Crippen LogP contribution in [0.25, 0.3) is 0 Å². The van der Waals surface area contributed by atoms with Crippen LogP contribution in [0.5, 0.6) is 0 Å². The smallest absolute Gasteiger partial charge is 0.237 e. The number of rotatable bonds is 9. The summed E-state index contributed by atoms with van der Waals surface area (Å²) in [4.78, 5) is 27.6. The van der Waals surface area contributed by atoms with Crippen molar-refractivity contribution in [2.45, 2.75) is 83.0 Å². The molecule has 0 aromatic rings. The van der Waals surface area contributed by atoms with Crippen molar-refractivity contribution >= 4 is 11.8 Å². The average molecular weight is 464 g/mol. The number of nitrogens with one attached hydrogen (secondary N) is 4. The van der Waals surface area contributed by atoms with Gasteiger partial charge in [-0.3, -0.25) is 14.9 Å². The lowest BCUT2D eigenvalue weighted by molar-refractivity contribution is -0.145. The Labute approximate surface area is 199 Å². The lowest BCUT2D eigenvalue weighted by atomic mass is 9.89. The molecule has 5 unspecified atom stereocenters. The van der Waals surface area contributed by atoms with E-state index in [1.54, 1.807) is 0 Å². The molecule has 0 saturated carbocycles. The highest BCUT2D eigenvalue weighted by Gasteiger charge is 2.38. The largest absolute Gasteiger partial charge is 0.363 e. The van der Waals surface area contributed by atoms with Crippen LogP contribution in [-0.2, 0) is 14.3 Å². The van der Waals surface area contributed by atoms with E-state index in [0.717, 1.165) is 90.6 Å². The van der Waals surface area contributed by atoms with Gasteiger partial charge in [0.25, 0.3) is 0 Å². The molecule has 0 aliphatic carbocycles. The Morgan fingerprint density at radius 3 is 2.73 bits per heavy atom. The lowest BCUT2D eigenvalue weighted by Crippen LogP contribution is -2.52. The summed E-state index contributed by atoms with van der Waals surface area (Å²) in [6.45, 7) is 8.18. The van der Waals surface area contributed by atoms with Crippen molar-refractivity contribution in [3.05, 3.63) is 0 Å². The minimum absolute atomic E-state index is 0.0107. The summed E-state index contributed by atoms with van der Waals surface area (Å²) < 4.78 is 5.78. The minimum Gasteiger partial charge on any atom is -0.363 e. The first kappa shape index (κ1) is 24.9. The molecule has 0 radical (unpaired) electrons. The van der Waals surface area contributed by atoms with Crippen LogP contribution in [0.3, 0.4) is 0 Å². The van der Waals surface area contributed by atoms with Crippen molar-refractivity contribution in [3.63, 3.8) is 0 Å². The fourth-order valence-electron chi connectivity index (χ4n) is 6.24. The molecular weight excluding hydrogens is 418 g/mol. The van der Waals surface area contributed by atoms with Gasteiger partial charge in [0.15, 0.2) is 0 Å². The van der Waals surface area contributed by atoms with E-state index in [2.05, 4.69) is 26.2 Å². The van der Waals surface area contributed by atoms with Crippen LogP contribution >= 0.6 is 0 Å². The van der Waals surface area contributed by atoms with Crippen LogP contribution in [0.15, 0.2) is 0 Å². The van der Waals surface area contributed by atoms with Crippen molar-refractivity contribution in [1.29, 1.82) is 0 Å². The van der Waals surface area contributed by atoms with E-state index < -0.39 is 0 Å². The molecule has 4 heterocycles. The average Bonchev–Trinajstić information content (AvgIpc) is 3.29. The molecule has 0 spiro atoms. The SMILES string of the molecule is CCOC1NCCCC1C(=O)N1CCC(CCCCNC(=O)C2CC3CNCCC3N2)CC1. The molecule has 33 heavy (non-hydrogen) atoms. The van der Waals surface area contributed by atoms with Gasteiger partial charge in [0.1, 0.15) is 6.23 Å². The third-order valence-electron chi connectivity index (χ3n) is 8.21. The second-order valence-corrected chi connectivity index (χ2v) is 10.4. The van der Waals surface area contributed by atoms with Gasteiger partial charge < -0.3 is 25.6 Å². The molecule has 4 aliphatic heterocycles. The Morgan fingerprint density at radius 1 is 1.09 bits per heavy atom. The lowest BCUT2D eigenvalue weighted by Gasteiger charge is -2.38. The number of likely N-dealkylation sites (tertiary alicyclic amines) is 1. The monoisotopic (exact) mass is 463 g/mol. The maximum Gasteiger partial charge on any atom is 0.237 e. The first-order valence-corrected chi connectivity index (χ1v) is 13.5. The molecule has 4 N–H and O–H groups in total. The van der Waals surface area contributed by atoms with Crippen LogP contribution in [0.1, 0.15) is 64.7 Å². The molecule has 8 heteroatoms. The summed E-state index contributed by atoms with van der Waals surface area (Å²) in [5.74, 6) is 1.72. The van der Waals surface area contributed by atoms with Gasteiger partial charge in [0.2, 0.25) is 11.8 Å². The summed E-state index contributed by atoms with van der Waals surface area (Å²) >= 11 is 0. The molecule has 188 valence electrons. The van der Waals surface area contributed by atoms with Crippen LogP contribution in [-0.4, -0.2) is 80.9 Å². The zero-order chi connectivity index (χ0) is 23.0. The molecule has 2 amide bonds. The highest BCUT2D eigenvalue weighted by atomic mass is 16.5. The summed E-state index contributed by atoms with van der Waals surface area (Å²) in [7, 11) is 0. The molecule has 0 aromatic carbocycles. The molecule has 8 nitrogen and oxygen atoms in total. The fourth-order valence-corrected chi connectivity index (χ4v) is 6.24. The highest BCUT2D eigenvalue weighted by molar-refractivity contribution is 5.82. The molecule has 4 rings (SSSR count). The summed E-state index contributed by atoms with van der Waals surface area (Å²) in [6, 6.07) is 0.502. The van der Waals surface area contributed by atoms with Crippen LogP contribution in [0.2, 0.25) is 0 Å². The van der Waals surface area contributed by atoms with Gasteiger partial charge in [0.05, 0.1) is 12.0 Å². The topological polar surface area (TPSA) is 94.7 Å². The maximum atomic E-state index is 13.1. The number of unbranched alkanes of at least 4 members (excludes halogenated alkanes) is 1. The van der Waals surface area contributed by atoms with E-state index in [4.69, 9.17) is 4.74 Å². The van der Waals surface area contributed by atoms with E-state index in [0.29, 0.717) is 24.5 Å². The number of ether oxygens (including phenoxy) is 1. The van der Waals surface area contributed by atoms with Crippen LogP contribution < -0.4 is 21.3 Å². The first-order valence-electron chi connectivity index (χ1n) is 13.5. The van der Waals surface area contributed by atoms with Gasteiger partial charge in [0, 0.05) is 32.3 Å². The molecule has 4 saturated heterocycles. The third kappa shape index (κ3) is 6.68. The second-order valence-electron chi connectivity index (χ2n) is 10.4. The van der Waals surface area contributed by atoms with E-state index in [-0.39, 0.29) is 30.0 Å². The molecule has 4 aliphatic rings. The van der Waals surface area contributed by atoms with Crippen molar-refractivity contribution in [1.82, 2.24) is 26.2 Å². The van der Waals surface area contributed by atoms with Gasteiger partial charge in [-0.25, -0.2) is 0 Å². The van der Waals surface area contributed by atoms with Crippen molar-refractivity contribution in [2.24, 2.45) is 17.8 Å².